The van der Waals surface area contributed by atoms with Gasteiger partial charge in [-0.2, -0.15) is 0 Å². The molecule has 0 bridgehead atoms. The average Bonchev–Trinajstić information content (AvgIpc) is 3.25. The van der Waals surface area contributed by atoms with E-state index in [1.54, 1.807) is 12.1 Å². The van der Waals surface area contributed by atoms with Crippen molar-refractivity contribution >= 4 is 11.3 Å². The van der Waals surface area contributed by atoms with E-state index in [1.165, 1.54) is 58.5 Å². The quantitative estimate of drug-likeness (QED) is 0.698. The number of hydrogen-bond donors (Lipinski definition) is 3. The summed E-state index contributed by atoms with van der Waals surface area (Å²) in [6, 6.07) is 6.46. The molecule has 1 aromatic heterocycles. The fourth-order valence-electron chi connectivity index (χ4n) is 5.17. The number of fused-ring (bicyclic) bond motifs is 5. The van der Waals surface area contributed by atoms with E-state index in [-0.39, 0.29) is 11.5 Å². The Morgan fingerprint density at radius 2 is 1.80 bits per heavy atom. The zero-order valence-corrected chi connectivity index (χ0v) is 15.2. The normalized spacial score (nSPS) is 25.4. The molecule has 0 amide bonds. The highest BCUT2D eigenvalue weighted by atomic mass is 32.1. The first kappa shape index (κ1) is 15.7. The third kappa shape index (κ3) is 2.67. The van der Waals surface area contributed by atoms with E-state index in [2.05, 4.69) is 11.4 Å². The highest BCUT2D eigenvalue weighted by Gasteiger charge is 2.37. The molecule has 3 aliphatic rings. The second kappa shape index (κ2) is 6.03. The Labute approximate surface area is 152 Å². The molecule has 25 heavy (non-hydrogen) atoms. The number of hydrogen-bond acceptors (Lipinski definition) is 4. The molecule has 3 N–H and O–H groups in total. The Morgan fingerprint density at radius 1 is 1.00 bits per heavy atom. The molecule has 2 heterocycles. The number of rotatable bonds is 2. The lowest BCUT2D eigenvalue weighted by molar-refractivity contribution is 0.382. The molecule has 2 aromatic rings. The lowest BCUT2D eigenvalue weighted by atomic mass is 9.74. The van der Waals surface area contributed by atoms with E-state index in [4.69, 9.17) is 0 Å². The zero-order valence-electron chi connectivity index (χ0n) is 14.4. The van der Waals surface area contributed by atoms with E-state index in [9.17, 15) is 10.2 Å². The van der Waals surface area contributed by atoms with Gasteiger partial charge >= 0.3 is 0 Å². The van der Waals surface area contributed by atoms with Crippen LogP contribution < -0.4 is 5.32 Å². The standard InChI is InChI=1S/C21H25NO2S/c23-18-8-13-5-6-17-21(15(13)10-19(18)24)16-9-14(25-20(16)11-22-17)7-12-3-1-2-4-12/h8-10,12,17,21-24H,1-7,11H2. The maximum absolute atomic E-state index is 10.0. The Bertz CT molecular complexity index is 806. The summed E-state index contributed by atoms with van der Waals surface area (Å²) >= 11 is 1.99. The zero-order chi connectivity index (χ0) is 17.0. The summed E-state index contributed by atoms with van der Waals surface area (Å²) in [5, 5.41) is 23.6. The van der Waals surface area contributed by atoms with Crippen LogP contribution in [0.3, 0.4) is 0 Å². The molecule has 132 valence electrons. The van der Waals surface area contributed by atoms with Gasteiger partial charge < -0.3 is 15.5 Å². The van der Waals surface area contributed by atoms with Crippen LogP contribution in [0.5, 0.6) is 11.5 Å². The summed E-state index contributed by atoms with van der Waals surface area (Å²) in [6.07, 6.45) is 8.88. The summed E-state index contributed by atoms with van der Waals surface area (Å²) in [4.78, 5) is 3.00. The predicted octanol–water partition coefficient (Wildman–Crippen LogP) is 4.44. The summed E-state index contributed by atoms with van der Waals surface area (Å²) in [7, 11) is 0. The average molecular weight is 356 g/mol. The minimum Gasteiger partial charge on any atom is -0.504 e. The highest BCUT2D eigenvalue weighted by Crippen LogP contribution is 2.46. The number of phenols is 2. The fraction of sp³-hybridized carbons (Fsp3) is 0.524. The third-order valence-electron chi connectivity index (χ3n) is 6.42. The first-order valence-corrected chi connectivity index (χ1v) is 10.4. The number of thiophene rings is 1. The van der Waals surface area contributed by atoms with E-state index in [0.717, 1.165) is 25.3 Å². The van der Waals surface area contributed by atoms with E-state index < -0.39 is 0 Å². The lowest BCUT2D eigenvalue weighted by Crippen LogP contribution is -2.41. The van der Waals surface area contributed by atoms with Crippen LogP contribution in [0.1, 0.15) is 64.5 Å². The van der Waals surface area contributed by atoms with Gasteiger partial charge in [0, 0.05) is 28.3 Å². The van der Waals surface area contributed by atoms with Crippen molar-refractivity contribution < 1.29 is 10.2 Å². The minimum absolute atomic E-state index is 0.00734. The molecule has 2 atom stereocenters. The van der Waals surface area contributed by atoms with E-state index >= 15 is 0 Å². The monoisotopic (exact) mass is 355 g/mol. The number of phenolic OH excluding ortho intramolecular Hbond substituents is 2. The molecule has 4 heteroatoms. The van der Waals surface area contributed by atoms with Crippen molar-refractivity contribution in [3.05, 3.63) is 44.6 Å². The van der Waals surface area contributed by atoms with E-state index in [0.29, 0.717) is 12.0 Å². The Morgan fingerprint density at radius 3 is 2.64 bits per heavy atom. The number of benzene rings is 1. The van der Waals surface area contributed by atoms with Crippen LogP contribution >= 0.6 is 11.3 Å². The Hall–Kier alpha value is -1.52. The first-order chi connectivity index (χ1) is 12.2. The van der Waals surface area contributed by atoms with Crippen molar-refractivity contribution in [2.75, 3.05) is 0 Å². The highest BCUT2D eigenvalue weighted by molar-refractivity contribution is 7.12. The second-order valence-electron chi connectivity index (χ2n) is 7.99. The maximum Gasteiger partial charge on any atom is 0.157 e. The van der Waals surface area contributed by atoms with Crippen LogP contribution in [0.4, 0.5) is 0 Å². The SMILES string of the molecule is Oc1cc2c(cc1O)C1c3cc(CC4CCCC4)sc3CNC1CC2. The molecule has 1 aromatic carbocycles. The molecule has 1 fully saturated rings. The summed E-state index contributed by atoms with van der Waals surface area (Å²) in [5.41, 5.74) is 3.85. The van der Waals surface area contributed by atoms with Crippen LogP contribution in [0, 0.1) is 5.92 Å². The number of nitrogens with one attached hydrogen (secondary N) is 1. The van der Waals surface area contributed by atoms with Crippen molar-refractivity contribution in [3.8, 4) is 11.5 Å². The number of aromatic hydroxyl groups is 2. The maximum atomic E-state index is 10.0. The topological polar surface area (TPSA) is 52.5 Å². The van der Waals surface area contributed by atoms with Gasteiger partial charge in [-0.05, 0) is 60.1 Å². The molecular formula is C21H25NO2S. The molecular weight excluding hydrogens is 330 g/mol. The molecule has 0 radical (unpaired) electrons. The van der Waals surface area contributed by atoms with Crippen LogP contribution in [-0.4, -0.2) is 16.3 Å². The second-order valence-corrected chi connectivity index (χ2v) is 9.21. The van der Waals surface area contributed by atoms with Crippen molar-refractivity contribution in [1.82, 2.24) is 5.32 Å². The minimum atomic E-state index is 0.00734. The molecule has 5 rings (SSSR count). The molecule has 2 aliphatic carbocycles. The van der Waals surface area contributed by atoms with Gasteiger partial charge in [-0.3, -0.25) is 0 Å². The summed E-state index contributed by atoms with van der Waals surface area (Å²) in [5.74, 6) is 1.21. The van der Waals surface area contributed by atoms with Gasteiger partial charge in [-0.25, -0.2) is 0 Å². The van der Waals surface area contributed by atoms with Gasteiger partial charge in [0.15, 0.2) is 11.5 Å². The van der Waals surface area contributed by atoms with Gasteiger partial charge in [-0.1, -0.05) is 25.7 Å². The van der Waals surface area contributed by atoms with Gasteiger partial charge in [0.05, 0.1) is 0 Å². The first-order valence-electron chi connectivity index (χ1n) is 9.58. The number of aryl methyl sites for hydroxylation is 1. The molecule has 0 spiro atoms. The third-order valence-corrected chi connectivity index (χ3v) is 7.59. The van der Waals surface area contributed by atoms with Crippen molar-refractivity contribution in [2.45, 2.75) is 63.5 Å². The van der Waals surface area contributed by atoms with Crippen LogP contribution in [-0.2, 0) is 19.4 Å². The summed E-state index contributed by atoms with van der Waals surface area (Å²) in [6.45, 7) is 0.977. The van der Waals surface area contributed by atoms with E-state index in [1.807, 2.05) is 11.3 Å². The molecule has 2 unspecified atom stereocenters. The van der Waals surface area contributed by atoms with Crippen molar-refractivity contribution in [1.29, 1.82) is 0 Å². The Balaban J connectivity index is 1.53. The smallest absolute Gasteiger partial charge is 0.157 e. The molecule has 3 nitrogen and oxygen atoms in total. The Kier molecular flexibility index (Phi) is 3.79. The van der Waals surface area contributed by atoms with Gasteiger partial charge in [0.2, 0.25) is 0 Å². The summed E-state index contributed by atoms with van der Waals surface area (Å²) < 4.78 is 0. The van der Waals surface area contributed by atoms with Crippen molar-refractivity contribution in [2.24, 2.45) is 5.92 Å². The molecule has 1 saturated carbocycles. The van der Waals surface area contributed by atoms with Gasteiger partial charge in [0.25, 0.3) is 0 Å². The van der Waals surface area contributed by atoms with Gasteiger partial charge in [-0.15, -0.1) is 11.3 Å². The molecule has 1 aliphatic heterocycles. The van der Waals surface area contributed by atoms with Gasteiger partial charge in [0.1, 0.15) is 0 Å². The predicted molar refractivity (Wildman–Crippen MR) is 101 cm³/mol. The molecule has 0 saturated heterocycles. The fourth-order valence-corrected chi connectivity index (χ4v) is 6.45. The van der Waals surface area contributed by atoms with Crippen LogP contribution in [0.25, 0.3) is 0 Å². The lowest BCUT2D eigenvalue weighted by Gasteiger charge is -2.38. The van der Waals surface area contributed by atoms with Crippen molar-refractivity contribution in [3.63, 3.8) is 0 Å². The van der Waals surface area contributed by atoms with Crippen LogP contribution in [0.2, 0.25) is 0 Å². The van der Waals surface area contributed by atoms with Crippen LogP contribution in [0.15, 0.2) is 18.2 Å². The largest absolute Gasteiger partial charge is 0.504 e.